The molecule has 1 fully saturated rings. The smallest absolute Gasteiger partial charge is 0.170 e. The van der Waals surface area contributed by atoms with Crippen molar-refractivity contribution in [3.05, 3.63) is 51.4 Å². The highest BCUT2D eigenvalue weighted by Crippen LogP contribution is 2.41. The SMILES string of the molecule is OCCN1C(=S)N[C@@H](c2ccccn2)[C@@H]1c1ccc(Cl)s1. The van der Waals surface area contributed by atoms with Crippen molar-refractivity contribution in [3.63, 3.8) is 0 Å². The van der Waals surface area contributed by atoms with E-state index in [9.17, 15) is 5.11 Å². The molecule has 4 nitrogen and oxygen atoms in total. The first kappa shape index (κ1) is 14.7. The molecule has 0 spiro atoms. The first-order valence-electron chi connectivity index (χ1n) is 6.55. The van der Waals surface area contributed by atoms with Crippen LogP contribution in [0.5, 0.6) is 0 Å². The monoisotopic (exact) mass is 339 g/mol. The van der Waals surface area contributed by atoms with Crippen LogP contribution in [0.3, 0.4) is 0 Å². The van der Waals surface area contributed by atoms with Gasteiger partial charge in [0.2, 0.25) is 0 Å². The van der Waals surface area contributed by atoms with E-state index in [2.05, 4.69) is 10.3 Å². The number of nitrogens with zero attached hydrogens (tertiary/aromatic N) is 2. The molecule has 0 bridgehead atoms. The Morgan fingerprint density at radius 3 is 2.86 bits per heavy atom. The molecule has 1 aliphatic heterocycles. The number of hydrogen-bond donors (Lipinski definition) is 2. The van der Waals surface area contributed by atoms with Crippen LogP contribution in [0.25, 0.3) is 0 Å². The van der Waals surface area contributed by atoms with Crippen LogP contribution in [0, 0.1) is 0 Å². The van der Waals surface area contributed by atoms with Gasteiger partial charge in [-0.1, -0.05) is 17.7 Å². The fraction of sp³-hybridized carbons (Fsp3) is 0.286. The predicted octanol–water partition coefficient (Wildman–Crippen LogP) is 2.76. The Labute approximate surface area is 137 Å². The van der Waals surface area contributed by atoms with Crippen molar-refractivity contribution in [1.82, 2.24) is 15.2 Å². The normalized spacial score (nSPS) is 21.6. The lowest BCUT2D eigenvalue weighted by Crippen LogP contribution is -2.31. The average molecular weight is 340 g/mol. The maximum atomic E-state index is 9.30. The van der Waals surface area contributed by atoms with Crippen LogP contribution in [-0.2, 0) is 0 Å². The number of aliphatic hydroxyl groups is 1. The lowest BCUT2D eigenvalue weighted by atomic mass is 10.0. The van der Waals surface area contributed by atoms with E-state index in [1.807, 2.05) is 35.2 Å². The Morgan fingerprint density at radius 2 is 2.24 bits per heavy atom. The van der Waals surface area contributed by atoms with Crippen LogP contribution in [0.4, 0.5) is 0 Å². The third kappa shape index (κ3) is 2.89. The number of thiocarbonyl (C=S) groups is 1. The Balaban J connectivity index is 2.00. The Kier molecular flexibility index (Phi) is 4.40. The van der Waals surface area contributed by atoms with Gasteiger partial charge in [0.05, 0.1) is 28.7 Å². The van der Waals surface area contributed by atoms with Gasteiger partial charge in [-0.15, -0.1) is 11.3 Å². The first-order chi connectivity index (χ1) is 10.2. The number of thiophene rings is 1. The van der Waals surface area contributed by atoms with Crippen molar-refractivity contribution < 1.29 is 5.11 Å². The molecule has 0 amide bonds. The average Bonchev–Trinajstić information content (AvgIpc) is 3.05. The molecule has 110 valence electrons. The molecule has 7 heteroatoms. The standard InChI is InChI=1S/C14H14ClN3OS2/c15-11-5-4-10(21-11)13-12(9-3-1-2-6-16-9)17-14(20)18(13)7-8-19/h1-6,12-13,19H,7-8H2,(H,17,20)/t12-,13-/m0/s1. The minimum absolute atomic E-state index is 0.00273. The van der Waals surface area contributed by atoms with E-state index in [1.54, 1.807) is 6.20 Å². The third-order valence-electron chi connectivity index (χ3n) is 3.42. The summed E-state index contributed by atoms with van der Waals surface area (Å²) in [5.41, 5.74) is 0.926. The molecule has 0 radical (unpaired) electrons. The van der Waals surface area contributed by atoms with E-state index in [1.165, 1.54) is 11.3 Å². The fourth-order valence-corrected chi connectivity index (χ4v) is 4.09. The highest BCUT2D eigenvalue weighted by molar-refractivity contribution is 7.80. The molecule has 0 unspecified atom stereocenters. The van der Waals surface area contributed by atoms with E-state index in [4.69, 9.17) is 23.8 Å². The van der Waals surface area contributed by atoms with Crippen LogP contribution in [0.2, 0.25) is 4.34 Å². The van der Waals surface area contributed by atoms with E-state index < -0.39 is 0 Å². The molecule has 21 heavy (non-hydrogen) atoms. The van der Waals surface area contributed by atoms with E-state index in [0.717, 1.165) is 14.9 Å². The molecule has 1 saturated heterocycles. The number of aliphatic hydroxyl groups excluding tert-OH is 1. The van der Waals surface area contributed by atoms with Gasteiger partial charge >= 0.3 is 0 Å². The van der Waals surface area contributed by atoms with Crippen LogP contribution in [0.15, 0.2) is 36.5 Å². The van der Waals surface area contributed by atoms with Crippen molar-refractivity contribution in [3.8, 4) is 0 Å². The van der Waals surface area contributed by atoms with Gasteiger partial charge in [0.1, 0.15) is 0 Å². The zero-order chi connectivity index (χ0) is 14.8. The van der Waals surface area contributed by atoms with Crippen molar-refractivity contribution in [1.29, 1.82) is 0 Å². The van der Waals surface area contributed by atoms with E-state index in [-0.39, 0.29) is 18.7 Å². The van der Waals surface area contributed by atoms with Crippen molar-refractivity contribution in [2.24, 2.45) is 0 Å². The molecule has 1 aliphatic rings. The summed E-state index contributed by atoms with van der Waals surface area (Å²) in [7, 11) is 0. The number of rotatable bonds is 4. The summed E-state index contributed by atoms with van der Waals surface area (Å²) in [6, 6.07) is 9.67. The topological polar surface area (TPSA) is 48.4 Å². The summed E-state index contributed by atoms with van der Waals surface area (Å²) in [5.74, 6) is 0. The number of halogens is 1. The maximum absolute atomic E-state index is 9.30. The van der Waals surface area contributed by atoms with Gasteiger partial charge < -0.3 is 15.3 Å². The van der Waals surface area contributed by atoms with Gasteiger partial charge in [-0.05, 0) is 36.5 Å². The minimum atomic E-state index is -0.0417. The second kappa shape index (κ2) is 6.27. The number of nitrogens with one attached hydrogen (secondary N) is 1. The molecular weight excluding hydrogens is 326 g/mol. The van der Waals surface area contributed by atoms with Gasteiger partial charge in [0.25, 0.3) is 0 Å². The highest BCUT2D eigenvalue weighted by atomic mass is 35.5. The Morgan fingerprint density at radius 1 is 1.38 bits per heavy atom. The van der Waals surface area contributed by atoms with Crippen molar-refractivity contribution in [2.45, 2.75) is 12.1 Å². The minimum Gasteiger partial charge on any atom is -0.395 e. The lowest BCUT2D eigenvalue weighted by Gasteiger charge is -2.25. The number of pyridine rings is 1. The molecule has 3 rings (SSSR count). The molecule has 0 saturated carbocycles. The van der Waals surface area contributed by atoms with Crippen LogP contribution in [-0.4, -0.2) is 33.3 Å². The van der Waals surface area contributed by atoms with Crippen molar-refractivity contribution >= 4 is 40.3 Å². The van der Waals surface area contributed by atoms with Gasteiger partial charge in [0.15, 0.2) is 5.11 Å². The summed E-state index contributed by atoms with van der Waals surface area (Å²) in [6.07, 6.45) is 1.77. The molecule has 2 N–H and O–H groups in total. The van der Waals surface area contributed by atoms with Crippen LogP contribution < -0.4 is 5.32 Å². The quantitative estimate of drug-likeness (QED) is 0.839. The summed E-state index contributed by atoms with van der Waals surface area (Å²) >= 11 is 13.0. The third-order valence-corrected chi connectivity index (χ3v) is 5.08. The highest BCUT2D eigenvalue weighted by Gasteiger charge is 2.40. The second-order valence-electron chi connectivity index (χ2n) is 4.69. The molecule has 2 atom stereocenters. The van der Waals surface area contributed by atoms with Crippen LogP contribution >= 0.6 is 35.2 Å². The fourth-order valence-electron chi connectivity index (χ4n) is 2.55. The maximum Gasteiger partial charge on any atom is 0.170 e. The van der Waals surface area contributed by atoms with Gasteiger partial charge in [-0.3, -0.25) is 4.98 Å². The van der Waals surface area contributed by atoms with E-state index in [0.29, 0.717) is 11.7 Å². The number of aromatic nitrogens is 1. The molecule has 0 aliphatic carbocycles. The molecular formula is C14H14ClN3OS2. The summed E-state index contributed by atoms with van der Waals surface area (Å²) in [6.45, 7) is 0.529. The predicted molar refractivity (Wildman–Crippen MR) is 88.6 cm³/mol. The largest absolute Gasteiger partial charge is 0.395 e. The van der Waals surface area contributed by atoms with E-state index >= 15 is 0 Å². The summed E-state index contributed by atoms with van der Waals surface area (Å²) in [5, 5.41) is 13.2. The lowest BCUT2D eigenvalue weighted by molar-refractivity contribution is 0.224. The molecule has 0 aromatic carbocycles. The van der Waals surface area contributed by atoms with Crippen molar-refractivity contribution in [2.75, 3.05) is 13.2 Å². The van der Waals surface area contributed by atoms with Gasteiger partial charge in [-0.2, -0.15) is 0 Å². The Bertz CT molecular complexity index is 634. The zero-order valence-electron chi connectivity index (χ0n) is 11.1. The molecule has 3 heterocycles. The Hall–Kier alpha value is -1.21. The van der Waals surface area contributed by atoms with Gasteiger partial charge in [-0.25, -0.2) is 0 Å². The molecule has 2 aromatic rings. The number of hydrogen-bond acceptors (Lipinski definition) is 4. The number of β-amino-alcohol motifs (C(OH)–C–C–N with tert-alkyl or cyclic N) is 1. The summed E-state index contributed by atoms with van der Waals surface area (Å²) in [4.78, 5) is 7.54. The zero-order valence-corrected chi connectivity index (χ0v) is 13.5. The summed E-state index contributed by atoms with van der Waals surface area (Å²) < 4.78 is 0.742. The second-order valence-corrected chi connectivity index (χ2v) is 6.82. The van der Waals surface area contributed by atoms with Crippen LogP contribution in [0.1, 0.15) is 22.7 Å². The van der Waals surface area contributed by atoms with Gasteiger partial charge in [0, 0.05) is 17.6 Å². The molecule has 2 aromatic heterocycles. The first-order valence-corrected chi connectivity index (χ1v) is 8.15.